The Morgan fingerprint density at radius 2 is 1.37 bits per heavy atom. The monoisotopic (exact) mass is 332 g/mol. The quantitative estimate of drug-likeness (QED) is 0.255. The van der Waals surface area contributed by atoms with Gasteiger partial charge in [-0.25, -0.2) is 12.1 Å². The molecule has 0 N–H and O–H groups in total. The van der Waals surface area contributed by atoms with Gasteiger partial charge in [0.2, 0.25) is 0 Å². The molecule has 0 unspecified atom stereocenters. The van der Waals surface area contributed by atoms with Gasteiger partial charge in [-0.1, -0.05) is 12.8 Å². The fraction of sp³-hybridized carbons (Fsp3) is 0.375. The van der Waals surface area contributed by atoms with Crippen LogP contribution in [-0.2, 0) is 17.1 Å². The van der Waals surface area contributed by atoms with Crippen LogP contribution in [0, 0.1) is 0 Å². The molecular weight excluding hydrogens is 312 g/mol. The minimum absolute atomic E-state index is 0. The molecule has 19 heavy (non-hydrogen) atoms. The first-order valence-electron chi connectivity index (χ1n) is 6.64. The molecule has 0 spiro atoms. The molecule has 0 saturated heterocycles. The van der Waals surface area contributed by atoms with Crippen LogP contribution in [0.3, 0.4) is 0 Å². The molecule has 0 nitrogen and oxygen atoms in total. The summed E-state index contributed by atoms with van der Waals surface area (Å²) in [6, 6.07) is 17.2. The average Bonchev–Trinajstić information content (AvgIpc) is 3.05. The Hall–Kier alpha value is -0.0805. The molecule has 2 rings (SSSR count). The van der Waals surface area contributed by atoms with Crippen LogP contribution in [0.15, 0.2) is 58.3 Å². The minimum atomic E-state index is 0. The Kier molecular flexibility index (Phi) is 9.54. The van der Waals surface area contributed by atoms with Crippen molar-refractivity contribution < 1.29 is 17.1 Å². The molecule has 0 bridgehead atoms. The summed E-state index contributed by atoms with van der Waals surface area (Å²) in [4.78, 5) is 2.84. The van der Waals surface area contributed by atoms with Gasteiger partial charge < -0.3 is 40.9 Å². The standard InChI is InChI=1S/C16H20S2.Fe/c1(7-13-17-15-9-3-4-10-15)2-8-14-18-16-11-5-6-12-16;/h3-6,9-12H,1-2,7-8,13-14H2;/q-6;. The third-order valence-corrected chi connectivity index (χ3v) is 5.04. The van der Waals surface area contributed by atoms with E-state index in [0.29, 0.717) is 0 Å². The Morgan fingerprint density at radius 1 is 0.789 bits per heavy atom. The van der Waals surface area contributed by atoms with Crippen LogP contribution in [0.4, 0.5) is 0 Å². The second-order valence-electron chi connectivity index (χ2n) is 4.35. The molecule has 0 fully saturated rings. The molecule has 2 aromatic carbocycles. The van der Waals surface area contributed by atoms with E-state index < -0.39 is 0 Å². The van der Waals surface area contributed by atoms with Gasteiger partial charge in [0.25, 0.3) is 0 Å². The third-order valence-electron chi connectivity index (χ3n) is 2.84. The smallest absolute Gasteiger partial charge is 0 e. The van der Waals surface area contributed by atoms with Crippen molar-refractivity contribution >= 4 is 23.5 Å². The van der Waals surface area contributed by atoms with Crippen molar-refractivity contribution in [2.45, 2.75) is 35.5 Å². The van der Waals surface area contributed by atoms with Crippen LogP contribution in [0.1, 0.15) is 25.7 Å². The summed E-state index contributed by atoms with van der Waals surface area (Å²) in [6.07, 6.45) is 5.43. The molecule has 0 aliphatic heterocycles. The summed E-state index contributed by atoms with van der Waals surface area (Å²) >= 11 is 3.97. The fourth-order valence-corrected chi connectivity index (χ4v) is 3.71. The molecule has 0 aliphatic rings. The van der Waals surface area contributed by atoms with E-state index in [9.17, 15) is 0 Å². The molecule has 2 aromatic rings. The van der Waals surface area contributed by atoms with Crippen molar-refractivity contribution in [3.63, 3.8) is 0 Å². The molecule has 0 amide bonds. The Bertz CT molecular complexity index is 352. The maximum absolute atomic E-state index is 2.20. The third kappa shape index (κ3) is 7.31. The van der Waals surface area contributed by atoms with Gasteiger partial charge in [0.15, 0.2) is 0 Å². The van der Waals surface area contributed by atoms with E-state index in [0.717, 1.165) is 0 Å². The Labute approximate surface area is 135 Å². The zero-order valence-electron chi connectivity index (χ0n) is 11.0. The van der Waals surface area contributed by atoms with E-state index in [1.54, 1.807) is 0 Å². The predicted molar refractivity (Wildman–Crippen MR) is 84.0 cm³/mol. The molecular formula is C16H20FeS2-6. The summed E-state index contributed by atoms with van der Waals surface area (Å²) in [7, 11) is 0. The van der Waals surface area contributed by atoms with Gasteiger partial charge in [-0.2, -0.15) is 23.9 Å². The number of hydrogen-bond acceptors (Lipinski definition) is 2. The van der Waals surface area contributed by atoms with Crippen LogP contribution in [0.25, 0.3) is 0 Å². The van der Waals surface area contributed by atoms with Gasteiger partial charge in [-0.15, -0.1) is 4.90 Å². The van der Waals surface area contributed by atoms with Crippen molar-refractivity contribution in [1.29, 1.82) is 0 Å². The number of unbranched alkanes of at least 4 members (excludes halogenated alkanes) is 3. The molecule has 110 valence electrons. The second-order valence-corrected chi connectivity index (χ2v) is 6.69. The van der Waals surface area contributed by atoms with Crippen LogP contribution in [0.5, 0.6) is 0 Å². The van der Waals surface area contributed by atoms with Gasteiger partial charge in [0.05, 0.1) is 0 Å². The predicted octanol–water partition coefficient (Wildman–Crippen LogP) is 5.57. The first kappa shape index (κ1) is 17.0. The van der Waals surface area contributed by atoms with Gasteiger partial charge in [-0.3, -0.25) is 0 Å². The van der Waals surface area contributed by atoms with Gasteiger partial charge in [-0.05, 0) is 24.3 Å². The van der Waals surface area contributed by atoms with Crippen molar-refractivity contribution in [1.82, 2.24) is 0 Å². The number of thioether (sulfide) groups is 2. The van der Waals surface area contributed by atoms with Crippen LogP contribution in [0.2, 0.25) is 0 Å². The van der Waals surface area contributed by atoms with E-state index in [1.165, 1.54) is 47.0 Å². The van der Waals surface area contributed by atoms with Crippen molar-refractivity contribution in [2.24, 2.45) is 0 Å². The summed E-state index contributed by atoms with van der Waals surface area (Å²) in [5.41, 5.74) is 0. The first-order valence-corrected chi connectivity index (χ1v) is 8.61. The minimum Gasteiger partial charge on any atom is -0.747 e. The molecule has 0 radical (unpaired) electrons. The van der Waals surface area contributed by atoms with E-state index in [4.69, 9.17) is 0 Å². The van der Waals surface area contributed by atoms with Gasteiger partial charge in [0, 0.05) is 17.1 Å². The second kappa shape index (κ2) is 10.7. The summed E-state index contributed by atoms with van der Waals surface area (Å²) in [6.45, 7) is 0. The number of hydrogen-bond donors (Lipinski definition) is 0. The Balaban J connectivity index is 0.00000180. The van der Waals surface area contributed by atoms with Crippen molar-refractivity contribution in [3.8, 4) is 0 Å². The van der Waals surface area contributed by atoms with E-state index >= 15 is 0 Å². The summed E-state index contributed by atoms with van der Waals surface area (Å²) in [5, 5.41) is 0. The van der Waals surface area contributed by atoms with Crippen LogP contribution >= 0.6 is 23.5 Å². The first-order chi connectivity index (χ1) is 8.95. The van der Waals surface area contributed by atoms with E-state index in [2.05, 4.69) is 48.5 Å². The van der Waals surface area contributed by atoms with E-state index in [-0.39, 0.29) is 17.1 Å². The van der Waals surface area contributed by atoms with Gasteiger partial charge >= 0.3 is 0 Å². The number of rotatable bonds is 9. The zero-order chi connectivity index (χ0) is 12.5. The van der Waals surface area contributed by atoms with Crippen molar-refractivity contribution in [2.75, 3.05) is 11.5 Å². The normalized spacial score (nSPS) is 10.3. The summed E-state index contributed by atoms with van der Waals surface area (Å²) in [5.74, 6) is 2.53. The molecule has 0 saturated carbocycles. The fourth-order valence-electron chi connectivity index (χ4n) is 1.84. The van der Waals surface area contributed by atoms with Crippen LogP contribution < -0.4 is 0 Å². The maximum atomic E-state index is 2.20. The topological polar surface area (TPSA) is 0 Å². The average molecular weight is 332 g/mol. The van der Waals surface area contributed by atoms with Gasteiger partial charge in [0.1, 0.15) is 0 Å². The largest absolute Gasteiger partial charge is 0.747 e. The van der Waals surface area contributed by atoms with Crippen molar-refractivity contribution in [3.05, 3.63) is 48.5 Å². The Morgan fingerprint density at radius 3 is 2.00 bits per heavy atom. The van der Waals surface area contributed by atoms with Crippen LogP contribution in [-0.4, -0.2) is 11.5 Å². The SMILES string of the molecule is [Fe].c1cc[c-](SCCCCCCS[c-]2[cH-][cH-][cH-][cH-]2)c1. The molecule has 3 heteroatoms. The maximum Gasteiger partial charge on any atom is 0 e. The molecule has 0 heterocycles. The molecule has 0 atom stereocenters. The summed E-state index contributed by atoms with van der Waals surface area (Å²) < 4.78 is 0. The molecule has 0 aliphatic carbocycles. The van der Waals surface area contributed by atoms with E-state index in [1.807, 2.05) is 23.5 Å². The zero-order valence-corrected chi connectivity index (χ0v) is 13.8. The molecule has 0 aromatic heterocycles.